The molecule has 0 saturated heterocycles. The normalized spacial score (nSPS) is 10.7. The second-order valence-electron chi connectivity index (χ2n) is 5.50. The Morgan fingerprint density at radius 3 is 2.70 bits per heavy atom. The maximum Gasteiger partial charge on any atom is 0.321 e. The van der Waals surface area contributed by atoms with E-state index in [0.29, 0.717) is 17.4 Å². The largest absolute Gasteiger partial charge is 0.327 e. The number of hydrogen-bond donors (Lipinski definition) is 1. The van der Waals surface area contributed by atoms with Gasteiger partial charge in [-0.05, 0) is 44.0 Å². The van der Waals surface area contributed by atoms with E-state index in [9.17, 15) is 9.18 Å². The van der Waals surface area contributed by atoms with Crippen molar-refractivity contribution >= 4 is 27.6 Å². The molecule has 7 heteroatoms. The minimum atomic E-state index is -0.472. The van der Waals surface area contributed by atoms with Crippen LogP contribution in [0, 0.1) is 19.7 Å². The standard InChI is InChI=1S/C16H20BrFN4O/c1-10-13(11(2)22(4)20-10)7-8-21(3)16(23)19-15-6-5-12(17)9-14(15)18/h5-6,9H,7-8H2,1-4H3,(H,19,23). The van der Waals surface area contributed by atoms with Crippen LogP contribution >= 0.6 is 15.9 Å². The molecule has 0 saturated carbocycles. The van der Waals surface area contributed by atoms with E-state index in [2.05, 4.69) is 26.3 Å². The number of aryl methyl sites for hydroxylation is 2. The fraction of sp³-hybridized carbons (Fsp3) is 0.375. The van der Waals surface area contributed by atoms with Gasteiger partial charge in [0.1, 0.15) is 5.82 Å². The first-order valence-electron chi connectivity index (χ1n) is 7.26. The lowest BCUT2D eigenvalue weighted by Crippen LogP contribution is -2.33. The van der Waals surface area contributed by atoms with Gasteiger partial charge in [0, 0.05) is 30.8 Å². The summed E-state index contributed by atoms with van der Waals surface area (Å²) in [7, 11) is 3.59. The summed E-state index contributed by atoms with van der Waals surface area (Å²) in [5.74, 6) is -0.472. The van der Waals surface area contributed by atoms with E-state index < -0.39 is 5.82 Å². The Hall–Kier alpha value is -1.89. The predicted octanol–water partition coefficient (Wildman–Crippen LogP) is 3.64. The molecule has 0 radical (unpaired) electrons. The molecule has 0 fully saturated rings. The maximum atomic E-state index is 13.8. The number of nitrogens with one attached hydrogen (secondary N) is 1. The number of halogens is 2. The molecule has 0 unspecified atom stereocenters. The van der Waals surface area contributed by atoms with Gasteiger partial charge in [-0.3, -0.25) is 4.68 Å². The Morgan fingerprint density at radius 2 is 2.13 bits per heavy atom. The van der Waals surface area contributed by atoms with Crippen molar-refractivity contribution in [3.63, 3.8) is 0 Å². The second kappa shape index (κ2) is 7.12. The molecule has 5 nitrogen and oxygen atoms in total. The van der Waals surface area contributed by atoms with Crippen LogP contribution in [0.4, 0.5) is 14.9 Å². The van der Waals surface area contributed by atoms with Gasteiger partial charge in [-0.1, -0.05) is 15.9 Å². The Kier molecular flexibility index (Phi) is 5.41. The average molecular weight is 383 g/mol. The highest BCUT2D eigenvalue weighted by molar-refractivity contribution is 9.10. The van der Waals surface area contributed by atoms with Crippen molar-refractivity contribution in [1.29, 1.82) is 0 Å². The Labute approximate surface area is 143 Å². The van der Waals surface area contributed by atoms with Gasteiger partial charge in [-0.25, -0.2) is 9.18 Å². The molecule has 2 aromatic rings. The van der Waals surface area contributed by atoms with Crippen LogP contribution in [0.3, 0.4) is 0 Å². The van der Waals surface area contributed by atoms with Crippen molar-refractivity contribution < 1.29 is 9.18 Å². The first-order chi connectivity index (χ1) is 10.8. The number of urea groups is 1. The van der Waals surface area contributed by atoms with Crippen LogP contribution in [0.5, 0.6) is 0 Å². The second-order valence-corrected chi connectivity index (χ2v) is 6.41. The van der Waals surface area contributed by atoms with Crippen LogP contribution in [0.1, 0.15) is 17.0 Å². The van der Waals surface area contributed by atoms with Crippen molar-refractivity contribution in [3.05, 3.63) is 45.4 Å². The first kappa shape index (κ1) is 17.5. The molecular weight excluding hydrogens is 363 g/mol. The summed E-state index contributed by atoms with van der Waals surface area (Å²) < 4.78 is 16.2. The zero-order chi connectivity index (χ0) is 17.1. The maximum absolute atomic E-state index is 13.8. The molecule has 1 N–H and O–H groups in total. The molecule has 2 amide bonds. The van der Waals surface area contributed by atoms with Crippen LogP contribution in [0.25, 0.3) is 0 Å². The van der Waals surface area contributed by atoms with Gasteiger partial charge in [0.05, 0.1) is 11.4 Å². The minimum Gasteiger partial charge on any atom is -0.327 e. The molecule has 124 valence electrons. The molecule has 23 heavy (non-hydrogen) atoms. The van der Waals surface area contributed by atoms with Gasteiger partial charge in [-0.15, -0.1) is 0 Å². The van der Waals surface area contributed by atoms with Crippen molar-refractivity contribution in [3.8, 4) is 0 Å². The van der Waals surface area contributed by atoms with Gasteiger partial charge in [-0.2, -0.15) is 5.10 Å². The van der Waals surface area contributed by atoms with E-state index in [1.54, 1.807) is 13.1 Å². The fourth-order valence-electron chi connectivity index (χ4n) is 2.36. The topological polar surface area (TPSA) is 50.2 Å². The summed E-state index contributed by atoms with van der Waals surface area (Å²) in [5.41, 5.74) is 3.37. The van der Waals surface area contributed by atoms with Crippen molar-refractivity contribution in [2.75, 3.05) is 18.9 Å². The minimum absolute atomic E-state index is 0.166. The highest BCUT2D eigenvalue weighted by Gasteiger charge is 2.14. The third-order valence-electron chi connectivity index (χ3n) is 3.88. The number of benzene rings is 1. The smallest absolute Gasteiger partial charge is 0.321 e. The molecule has 2 rings (SSSR count). The Balaban J connectivity index is 1.97. The van der Waals surface area contributed by atoms with Gasteiger partial charge in [0.25, 0.3) is 0 Å². The molecular formula is C16H20BrFN4O. The van der Waals surface area contributed by atoms with Crippen LogP contribution in [-0.2, 0) is 13.5 Å². The van der Waals surface area contributed by atoms with Gasteiger partial charge in [0.15, 0.2) is 0 Å². The summed E-state index contributed by atoms with van der Waals surface area (Å²) in [6.45, 7) is 4.49. The highest BCUT2D eigenvalue weighted by Crippen LogP contribution is 2.19. The summed E-state index contributed by atoms with van der Waals surface area (Å²) in [6, 6.07) is 4.19. The van der Waals surface area contributed by atoms with Crippen LogP contribution in [0.2, 0.25) is 0 Å². The number of anilines is 1. The molecule has 0 aliphatic heterocycles. The third-order valence-corrected chi connectivity index (χ3v) is 4.37. The molecule has 1 aromatic carbocycles. The van der Waals surface area contributed by atoms with Crippen molar-refractivity contribution in [2.45, 2.75) is 20.3 Å². The molecule has 1 aromatic heterocycles. The number of carbonyl (C=O) groups is 1. The Bertz CT molecular complexity index is 729. The van der Waals surface area contributed by atoms with E-state index in [0.717, 1.165) is 17.0 Å². The molecule has 0 aliphatic rings. The average Bonchev–Trinajstić information content (AvgIpc) is 2.72. The Morgan fingerprint density at radius 1 is 1.43 bits per heavy atom. The fourth-order valence-corrected chi connectivity index (χ4v) is 2.69. The van der Waals surface area contributed by atoms with E-state index in [1.807, 2.05) is 25.6 Å². The van der Waals surface area contributed by atoms with Gasteiger partial charge < -0.3 is 10.2 Å². The molecule has 0 atom stereocenters. The van der Waals surface area contributed by atoms with Crippen molar-refractivity contribution in [1.82, 2.24) is 14.7 Å². The van der Waals surface area contributed by atoms with Crippen LogP contribution < -0.4 is 5.32 Å². The van der Waals surface area contributed by atoms with E-state index in [-0.39, 0.29) is 11.7 Å². The zero-order valence-electron chi connectivity index (χ0n) is 13.7. The van der Waals surface area contributed by atoms with Gasteiger partial charge in [0.2, 0.25) is 0 Å². The van der Waals surface area contributed by atoms with Crippen molar-refractivity contribution in [2.24, 2.45) is 7.05 Å². The summed E-state index contributed by atoms with van der Waals surface area (Å²) in [5, 5.41) is 6.94. The van der Waals surface area contributed by atoms with E-state index >= 15 is 0 Å². The number of aromatic nitrogens is 2. The number of hydrogen-bond acceptors (Lipinski definition) is 2. The molecule has 0 aliphatic carbocycles. The molecule has 0 spiro atoms. The summed E-state index contributed by atoms with van der Waals surface area (Å²) >= 11 is 3.19. The first-order valence-corrected chi connectivity index (χ1v) is 8.05. The van der Waals surface area contributed by atoms with E-state index in [4.69, 9.17) is 0 Å². The monoisotopic (exact) mass is 382 g/mol. The lowest BCUT2D eigenvalue weighted by atomic mass is 10.1. The number of rotatable bonds is 4. The number of nitrogens with zero attached hydrogens (tertiary/aromatic N) is 3. The lowest BCUT2D eigenvalue weighted by molar-refractivity contribution is 0.223. The summed E-state index contributed by atoms with van der Waals surface area (Å²) in [6.07, 6.45) is 0.707. The number of carbonyl (C=O) groups excluding carboxylic acids is 1. The van der Waals surface area contributed by atoms with E-state index in [1.165, 1.54) is 17.0 Å². The zero-order valence-corrected chi connectivity index (χ0v) is 15.2. The third kappa shape index (κ3) is 4.10. The summed E-state index contributed by atoms with van der Waals surface area (Å²) in [4.78, 5) is 13.7. The van der Waals surface area contributed by atoms with Gasteiger partial charge >= 0.3 is 6.03 Å². The SMILES string of the molecule is Cc1nn(C)c(C)c1CCN(C)C(=O)Nc1ccc(Br)cc1F. The number of amides is 2. The molecule has 0 bridgehead atoms. The van der Waals surface area contributed by atoms with Crippen LogP contribution in [-0.4, -0.2) is 34.3 Å². The predicted molar refractivity (Wildman–Crippen MR) is 92.1 cm³/mol. The highest BCUT2D eigenvalue weighted by atomic mass is 79.9. The lowest BCUT2D eigenvalue weighted by Gasteiger charge is -2.18. The number of likely N-dealkylation sites (N-methyl/N-ethyl adjacent to an activating group) is 1. The quantitative estimate of drug-likeness (QED) is 0.877. The molecule has 1 heterocycles. The van der Waals surface area contributed by atoms with Crippen LogP contribution in [0.15, 0.2) is 22.7 Å².